The predicted octanol–water partition coefficient (Wildman–Crippen LogP) is 6.68. The number of para-hydroxylation sites is 1. The van der Waals surface area contributed by atoms with E-state index in [0.29, 0.717) is 10.6 Å². The number of nitrogens with zero attached hydrogens (tertiary/aromatic N) is 2. The SMILES string of the molecule is CCCCc1ccc(-n2c(C)cc(C=C3SC(=O)N(c4ccccc4)C3=O)c2C)cc1. The van der Waals surface area contributed by atoms with Crippen LogP contribution in [0.15, 0.2) is 65.6 Å². The highest BCUT2D eigenvalue weighted by Crippen LogP contribution is 2.36. The van der Waals surface area contributed by atoms with Crippen molar-refractivity contribution in [1.29, 1.82) is 0 Å². The van der Waals surface area contributed by atoms with Gasteiger partial charge < -0.3 is 4.57 Å². The molecule has 4 nitrogen and oxygen atoms in total. The van der Waals surface area contributed by atoms with E-state index in [1.807, 2.05) is 31.2 Å². The number of anilines is 1. The molecular formula is C26H26N2O2S. The van der Waals surface area contributed by atoms with E-state index in [1.54, 1.807) is 12.1 Å². The van der Waals surface area contributed by atoms with Gasteiger partial charge in [-0.2, -0.15) is 0 Å². The van der Waals surface area contributed by atoms with Gasteiger partial charge in [0.25, 0.3) is 11.1 Å². The predicted molar refractivity (Wildman–Crippen MR) is 129 cm³/mol. The molecule has 1 aliphatic heterocycles. The van der Waals surface area contributed by atoms with Crippen LogP contribution in [0.5, 0.6) is 0 Å². The number of hydrogen-bond acceptors (Lipinski definition) is 3. The van der Waals surface area contributed by atoms with Crippen molar-refractivity contribution in [2.45, 2.75) is 40.0 Å². The van der Waals surface area contributed by atoms with Crippen molar-refractivity contribution in [1.82, 2.24) is 4.57 Å². The van der Waals surface area contributed by atoms with Gasteiger partial charge in [0, 0.05) is 17.1 Å². The summed E-state index contributed by atoms with van der Waals surface area (Å²) in [6, 6.07) is 19.8. The summed E-state index contributed by atoms with van der Waals surface area (Å²) < 4.78 is 2.19. The molecule has 1 saturated heterocycles. The second-order valence-electron chi connectivity index (χ2n) is 7.78. The molecule has 0 aliphatic carbocycles. The Morgan fingerprint density at radius 1 is 0.935 bits per heavy atom. The van der Waals surface area contributed by atoms with Gasteiger partial charge in [-0.3, -0.25) is 9.59 Å². The summed E-state index contributed by atoms with van der Waals surface area (Å²) in [7, 11) is 0. The molecule has 2 amide bonds. The van der Waals surface area contributed by atoms with E-state index >= 15 is 0 Å². The Morgan fingerprint density at radius 2 is 1.65 bits per heavy atom. The average molecular weight is 431 g/mol. The fraction of sp³-hybridized carbons (Fsp3) is 0.231. The summed E-state index contributed by atoms with van der Waals surface area (Å²) in [6.45, 7) is 6.31. The maximum absolute atomic E-state index is 12.9. The average Bonchev–Trinajstić information content (AvgIpc) is 3.21. The molecule has 1 fully saturated rings. The van der Waals surface area contributed by atoms with Gasteiger partial charge in [0.05, 0.1) is 10.6 Å². The zero-order valence-corrected chi connectivity index (χ0v) is 18.9. The zero-order valence-electron chi connectivity index (χ0n) is 18.1. The second kappa shape index (κ2) is 8.98. The lowest BCUT2D eigenvalue weighted by molar-refractivity contribution is -0.113. The van der Waals surface area contributed by atoms with Gasteiger partial charge in [0.1, 0.15) is 0 Å². The van der Waals surface area contributed by atoms with Gasteiger partial charge in [0.2, 0.25) is 0 Å². The molecule has 0 radical (unpaired) electrons. The van der Waals surface area contributed by atoms with Crippen molar-refractivity contribution < 1.29 is 9.59 Å². The van der Waals surface area contributed by atoms with Crippen molar-refractivity contribution in [3.8, 4) is 5.69 Å². The van der Waals surface area contributed by atoms with Crippen molar-refractivity contribution in [3.63, 3.8) is 0 Å². The molecule has 1 aliphatic rings. The molecule has 0 N–H and O–H groups in total. The second-order valence-corrected chi connectivity index (χ2v) is 8.78. The highest BCUT2D eigenvalue weighted by atomic mass is 32.2. The number of benzene rings is 2. The number of carbonyl (C=O) groups is 2. The van der Waals surface area contributed by atoms with Gasteiger partial charge in [0.15, 0.2) is 0 Å². The molecule has 5 heteroatoms. The normalized spacial score (nSPS) is 15.3. The van der Waals surface area contributed by atoms with Crippen LogP contribution in [0.4, 0.5) is 10.5 Å². The number of hydrogen-bond donors (Lipinski definition) is 0. The topological polar surface area (TPSA) is 42.3 Å². The molecule has 31 heavy (non-hydrogen) atoms. The van der Waals surface area contributed by atoms with E-state index in [4.69, 9.17) is 0 Å². The maximum atomic E-state index is 12.9. The highest BCUT2D eigenvalue weighted by Gasteiger charge is 2.36. The number of carbonyl (C=O) groups excluding carboxylic acids is 2. The molecule has 0 saturated carbocycles. The van der Waals surface area contributed by atoms with Gasteiger partial charge >= 0.3 is 0 Å². The lowest BCUT2D eigenvalue weighted by atomic mass is 10.1. The molecule has 3 aromatic rings. The summed E-state index contributed by atoms with van der Waals surface area (Å²) in [4.78, 5) is 27.1. The minimum Gasteiger partial charge on any atom is -0.318 e. The smallest absolute Gasteiger partial charge is 0.298 e. The molecule has 0 unspecified atom stereocenters. The molecule has 4 rings (SSSR count). The first-order valence-corrected chi connectivity index (χ1v) is 11.4. The number of unbranched alkanes of at least 4 members (excludes halogenated alkanes) is 1. The first-order chi connectivity index (χ1) is 15.0. The number of aromatic nitrogens is 1. The van der Waals surface area contributed by atoms with Crippen molar-refractivity contribution in [2.24, 2.45) is 0 Å². The van der Waals surface area contributed by atoms with Crippen LogP contribution in [0.3, 0.4) is 0 Å². The Morgan fingerprint density at radius 3 is 2.32 bits per heavy atom. The highest BCUT2D eigenvalue weighted by molar-refractivity contribution is 8.19. The molecule has 2 heterocycles. The van der Waals surface area contributed by atoms with Crippen LogP contribution in [0.1, 0.15) is 42.3 Å². The van der Waals surface area contributed by atoms with E-state index in [2.05, 4.69) is 48.7 Å². The summed E-state index contributed by atoms with van der Waals surface area (Å²) in [6.07, 6.45) is 5.32. The van der Waals surface area contributed by atoms with Crippen LogP contribution in [0.25, 0.3) is 11.8 Å². The largest absolute Gasteiger partial charge is 0.318 e. The van der Waals surface area contributed by atoms with Crippen molar-refractivity contribution >= 4 is 34.7 Å². The third-order valence-corrected chi connectivity index (χ3v) is 6.45. The van der Waals surface area contributed by atoms with Gasteiger partial charge in [-0.05, 0) is 86.0 Å². The number of rotatable bonds is 6. The third kappa shape index (κ3) is 4.23. The Hall–Kier alpha value is -3.05. The van der Waals surface area contributed by atoms with E-state index in [1.165, 1.54) is 23.3 Å². The van der Waals surface area contributed by atoms with Crippen molar-refractivity contribution in [2.75, 3.05) is 4.90 Å². The molecule has 2 aromatic carbocycles. The third-order valence-electron chi connectivity index (χ3n) is 5.58. The lowest BCUT2D eigenvalue weighted by Gasteiger charge is -2.11. The molecular weight excluding hydrogens is 404 g/mol. The Labute approximate surface area is 187 Å². The van der Waals surface area contributed by atoms with E-state index < -0.39 is 0 Å². The monoisotopic (exact) mass is 430 g/mol. The first kappa shape index (κ1) is 21.2. The minimum atomic E-state index is -0.272. The molecule has 0 atom stereocenters. The van der Waals surface area contributed by atoms with Crippen LogP contribution in [-0.4, -0.2) is 15.7 Å². The van der Waals surface area contributed by atoms with Crippen LogP contribution in [0, 0.1) is 13.8 Å². The zero-order chi connectivity index (χ0) is 22.0. The molecule has 0 bridgehead atoms. The Bertz CT molecular complexity index is 1140. The standard InChI is InChI=1S/C26H26N2O2S/c1-4-5-9-20-12-14-23(15-13-20)27-18(2)16-21(19(27)3)17-24-25(29)28(26(30)31-24)22-10-7-6-8-11-22/h6-8,10-17H,4-5,9H2,1-3H3. The fourth-order valence-corrected chi connectivity index (χ4v) is 4.76. The van der Waals surface area contributed by atoms with Gasteiger partial charge in [-0.25, -0.2) is 4.90 Å². The number of thioether (sulfide) groups is 1. The van der Waals surface area contributed by atoms with Crippen LogP contribution < -0.4 is 4.90 Å². The van der Waals surface area contributed by atoms with E-state index in [9.17, 15) is 9.59 Å². The van der Waals surface area contributed by atoms with Gasteiger partial charge in [-0.1, -0.05) is 43.7 Å². The molecule has 158 valence electrons. The van der Waals surface area contributed by atoms with Crippen LogP contribution >= 0.6 is 11.8 Å². The lowest BCUT2D eigenvalue weighted by Crippen LogP contribution is -2.27. The number of amides is 2. The van der Waals surface area contributed by atoms with Crippen LogP contribution in [-0.2, 0) is 11.2 Å². The van der Waals surface area contributed by atoms with E-state index in [0.717, 1.165) is 40.8 Å². The quantitative estimate of drug-likeness (QED) is 0.410. The summed E-state index contributed by atoms with van der Waals surface area (Å²) >= 11 is 0.990. The first-order valence-electron chi connectivity index (χ1n) is 10.6. The van der Waals surface area contributed by atoms with Gasteiger partial charge in [-0.15, -0.1) is 0 Å². The Balaban J connectivity index is 1.62. The summed E-state index contributed by atoms with van der Waals surface area (Å²) in [5, 5.41) is -0.265. The number of imide groups is 1. The Kier molecular flexibility index (Phi) is 6.14. The van der Waals surface area contributed by atoms with Crippen LogP contribution in [0.2, 0.25) is 0 Å². The fourth-order valence-electron chi connectivity index (χ4n) is 3.93. The molecule has 1 aromatic heterocycles. The molecule has 0 spiro atoms. The summed E-state index contributed by atoms with van der Waals surface area (Å²) in [5.74, 6) is -0.272. The minimum absolute atomic E-state index is 0.265. The van der Waals surface area contributed by atoms with E-state index in [-0.39, 0.29) is 11.1 Å². The summed E-state index contributed by atoms with van der Waals surface area (Å²) in [5.41, 5.74) is 6.14. The number of aryl methyl sites for hydroxylation is 2. The van der Waals surface area contributed by atoms with Crippen molar-refractivity contribution in [3.05, 3.63) is 88.1 Å². The maximum Gasteiger partial charge on any atom is 0.298 e.